The Kier molecular flexibility index (Phi) is 5.15. The third-order valence-electron chi connectivity index (χ3n) is 4.25. The largest absolute Gasteiger partial charge is 0.436 e. The van der Waals surface area contributed by atoms with Gasteiger partial charge in [0.05, 0.1) is 6.20 Å². The second-order valence-electron chi connectivity index (χ2n) is 6.27. The van der Waals surface area contributed by atoms with Gasteiger partial charge in [-0.1, -0.05) is 60.7 Å². The van der Waals surface area contributed by atoms with Gasteiger partial charge in [-0.15, -0.1) is 0 Å². The van der Waals surface area contributed by atoms with E-state index >= 15 is 0 Å². The highest BCUT2D eigenvalue weighted by Gasteiger charge is 2.08. The highest BCUT2D eigenvalue weighted by atomic mass is 16.4. The van der Waals surface area contributed by atoms with E-state index in [1.165, 1.54) is 0 Å². The molecule has 2 N–H and O–H groups in total. The van der Waals surface area contributed by atoms with Gasteiger partial charge >= 0.3 is 6.03 Å². The Balaban J connectivity index is 1.36. The topological polar surface area (TPSA) is 67.2 Å². The van der Waals surface area contributed by atoms with Crippen molar-refractivity contribution in [3.8, 4) is 22.8 Å². The van der Waals surface area contributed by atoms with Crippen molar-refractivity contribution in [2.45, 2.75) is 6.54 Å². The number of para-hydroxylation sites is 1. The summed E-state index contributed by atoms with van der Waals surface area (Å²) < 4.78 is 5.87. The van der Waals surface area contributed by atoms with Gasteiger partial charge in [0.1, 0.15) is 0 Å². The summed E-state index contributed by atoms with van der Waals surface area (Å²) in [5.41, 5.74) is 3.63. The normalized spacial score (nSPS) is 10.4. The molecule has 3 aromatic carbocycles. The Morgan fingerprint density at radius 1 is 0.821 bits per heavy atom. The molecular weight excluding hydrogens is 350 g/mol. The monoisotopic (exact) mass is 369 g/mol. The van der Waals surface area contributed by atoms with E-state index in [1.54, 1.807) is 6.20 Å². The van der Waals surface area contributed by atoms with Gasteiger partial charge in [0.25, 0.3) is 0 Å². The molecular formula is C23H19N3O2. The number of benzene rings is 3. The van der Waals surface area contributed by atoms with E-state index in [1.807, 2.05) is 84.9 Å². The van der Waals surface area contributed by atoms with Crippen molar-refractivity contribution in [1.29, 1.82) is 0 Å². The third-order valence-corrected chi connectivity index (χ3v) is 4.25. The number of carbonyl (C=O) groups excluding carboxylic acids is 1. The van der Waals surface area contributed by atoms with Crippen LogP contribution in [-0.4, -0.2) is 11.0 Å². The first kappa shape index (κ1) is 17.5. The van der Waals surface area contributed by atoms with Crippen LogP contribution in [0.4, 0.5) is 10.5 Å². The zero-order chi connectivity index (χ0) is 19.2. The standard InChI is InChI=1S/C23H19N3O2/c27-23(26-20-9-5-2-6-10-20)25-15-17-11-13-19(14-12-17)22-24-16-21(28-22)18-7-3-1-4-8-18/h1-14,16H,15H2,(H2,25,26,27). The second kappa shape index (κ2) is 8.22. The number of urea groups is 1. The SMILES string of the molecule is O=C(NCc1ccc(-c2ncc(-c3ccccc3)o2)cc1)Nc1ccccc1. The Morgan fingerprint density at radius 3 is 2.21 bits per heavy atom. The minimum absolute atomic E-state index is 0.240. The van der Waals surface area contributed by atoms with Crippen LogP contribution in [0.2, 0.25) is 0 Å². The van der Waals surface area contributed by atoms with E-state index in [0.29, 0.717) is 12.4 Å². The van der Waals surface area contributed by atoms with Gasteiger partial charge in [-0.25, -0.2) is 9.78 Å². The third kappa shape index (κ3) is 4.27. The van der Waals surface area contributed by atoms with E-state index in [0.717, 1.165) is 28.1 Å². The summed E-state index contributed by atoms with van der Waals surface area (Å²) in [4.78, 5) is 16.3. The second-order valence-corrected chi connectivity index (χ2v) is 6.27. The summed E-state index contributed by atoms with van der Waals surface area (Å²) in [5.74, 6) is 1.30. The smallest absolute Gasteiger partial charge is 0.319 e. The summed E-state index contributed by atoms with van der Waals surface area (Å²) >= 11 is 0. The predicted octanol–water partition coefficient (Wildman–Crippen LogP) is 5.33. The molecule has 0 saturated carbocycles. The van der Waals surface area contributed by atoms with Crippen molar-refractivity contribution in [3.05, 3.63) is 96.7 Å². The summed E-state index contributed by atoms with van der Waals surface area (Å²) in [6.07, 6.45) is 1.73. The molecule has 0 aliphatic rings. The summed E-state index contributed by atoms with van der Waals surface area (Å²) in [7, 11) is 0. The van der Waals surface area contributed by atoms with Crippen molar-refractivity contribution in [1.82, 2.24) is 10.3 Å². The van der Waals surface area contributed by atoms with Crippen molar-refractivity contribution >= 4 is 11.7 Å². The molecule has 4 rings (SSSR count). The number of carbonyl (C=O) groups is 1. The quantitative estimate of drug-likeness (QED) is 0.500. The van der Waals surface area contributed by atoms with Gasteiger partial charge in [-0.2, -0.15) is 0 Å². The molecule has 0 fully saturated rings. The van der Waals surface area contributed by atoms with Crippen molar-refractivity contribution in [2.24, 2.45) is 0 Å². The average Bonchev–Trinajstić information content (AvgIpc) is 3.24. The van der Waals surface area contributed by atoms with Crippen LogP contribution in [0.5, 0.6) is 0 Å². The maximum absolute atomic E-state index is 12.0. The van der Waals surface area contributed by atoms with E-state index < -0.39 is 0 Å². The lowest BCUT2D eigenvalue weighted by Crippen LogP contribution is -2.28. The van der Waals surface area contributed by atoms with E-state index in [4.69, 9.17) is 4.42 Å². The molecule has 138 valence electrons. The van der Waals surface area contributed by atoms with Gasteiger partial charge in [0.2, 0.25) is 5.89 Å². The number of rotatable bonds is 5. The fourth-order valence-corrected chi connectivity index (χ4v) is 2.79. The van der Waals surface area contributed by atoms with Gasteiger partial charge in [0, 0.05) is 23.4 Å². The predicted molar refractivity (Wildman–Crippen MR) is 110 cm³/mol. The van der Waals surface area contributed by atoms with Crippen molar-refractivity contribution < 1.29 is 9.21 Å². The molecule has 28 heavy (non-hydrogen) atoms. The molecule has 0 spiro atoms. The molecule has 1 aromatic heterocycles. The molecule has 0 radical (unpaired) electrons. The van der Waals surface area contributed by atoms with Crippen molar-refractivity contribution in [3.63, 3.8) is 0 Å². The number of nitrogens with one attached hydrogen (secondary N) is 2. The first-order valence-electron chi connectivity index (χ1n) is 8.98. The minimum atomic E-state index is -0.240. The molecule has 0 bridgehead atoms. The fourth-order valence-electron chi connectivity index (χ4n) is 2.79. The zero-order valence-electron chi connectivity index (χ0n) is 15.1. The van der Waals surface area contributed by atoms with Gasteiger partial charge in [-0.3, -0.25) is 0 Å². The number of hydrogen-bond donors (Lipinski definition) is 2. The first-order chi connectivity index (χ1) is 13.8. The summed E-state index contributed by atoms with van der Waals surface area (Å²) in [6.45, 7) is 0.430. The Bertz CT molecular complexity index is 1040. The Labute approximate surface area is 163 Å². The molecule has 2 amide bonds. The molecule has 1 heterocycles. The van der Waals surface area contributed by atoms with E-state index in [2.05, 4.69) is 15.6 Å². The fraction of sp³-hybridized carbons (Fsp3) is 0.0435. The van der Waals surface area contributed by atoms with Crippen LogP contribution in [0.3, 0.4) is 0 Å². The van der Waals surface area contributed by atoms with Crippen LogP contribution >= 0.6 is 0 Å². The molecule has 0 aliphatic carbocycles. The van der Waals surface area contributed by atoms with Gasteiger partial charge in [0.15, 0.2) is 5.76 Å². The molecule has 5 nitrogen and oxygen atoms in total. The maximum Gasteiger partial charge on any atom is 0.319 e. The van der Waals surface area contributed by atoms with Crippen LogP contribution in [-0.2, 0) is 6.54 Å². The van der Waals surface area contributed by atoms with Gasteiger partial charge < -0.3 is 15.1 Å². The molecule has 0 atom stereocenters. The van der Waals surface area contributed by atoms with Gasteiger partial charge in [-0.05, 0) is 29.8 Å². The Morgan fingerprint density at radius 2 is 1.50 bits per heavy atom. The van der Waals surface area contributed by atoms with Crippen LogP contribution in [0, 0.1) is 0 Å². The first-order valence-corrected chi connectivity index (χ1v) is 8.98. The molecule has 0 unspecified atom stereocenters. The highest BCUT2D eigenvalue weighted by Crippen LogP contribution is 2.26. The Hall–Kier alpha value is -3.86. The molecule has 0 aliphatic heterocycles. The summed E-state index contributed by atoms with van der Waals surface area (Å²) in [6, 6.07) is 26.7. The molecule has 0 saturated heterocycles. The van der Waals surface area contributed by atoms with Crippen LogP contribution in [0.15, 0.2) is 95.5 Å². The lowest BCUT2D eigenvalue weighted by Gasteiger charge is -2.08. The molecule has 5 heteroatoms. The van der Waals surface area contributed by atoms with E-state index in [9.17, 15) is 4.79 Å². The maximum atomic E-state index is 12.0. The molecule has 4 aromatic rings. The number of oxazole rings is 1. The lowest BCUT2D eigenvalue weighted by molar-refractivity contribution is 0.251. The highest BCUT2D eigenvalue weighted by molar-refractivity contribution is 5.89. The zero-order valence-corrected chi connectivity index (χ0v) is 15.1. The van der Waals surface area contributed by atoms with E-state index in [-0.39, 0.29) is 6.03 Å². The number of aromatic nitrogens is 1. The number of amides is 2. The number of nitrogens with zero attached hydrogens (tertiary/aromatic N) is 1. The number of hydrogen-bond acceptors (Lipinski definition) is 3. The lowest BCUT2D eigenvalue weighted by atomic mass is 10.1. The van der Waals surface area contributed by atoms with Crippen LogP contribution in [0.1, 0.15) is 5.56 Å². The number of anilines is 1. The van der Waals surface area contributed by atoms with Crippen LogP contribution < -0.4 is 10.6 Å². The van der Waals surface area contributed by atoms with Crippen LogP contribution in [0.25, 0.3) is 22.8 Å². The average molecular weight is 369 g/mol. The van der Waals surface area contributed by atoms with Crippen molar-refractivity contribution in [2.75, 3.05) is 5.32 Å². The minimum Gasteiger partial charge on any atom is -0.436 e. The summed E-state index contributed by atoms with van der Waals surface area (Å²) in [5, 5.41) is 5.64.